The van der Waals surface area contributed by atoms with Gasteiger partial charge in [0.2, 0.25) is 0 Å². The van der Waals surface area contributed by atoms with Crippen molar-refractivity contribution in [1.82, 2.24) is 10.3 Å². The lowest BCUT2D eigenvalue weighted by Crippen LogP contribution is -2.28. The van der Waals surface area contributed by atoms with Crippen LogP contribution in [-0.2, 0) is 17.3 Å². The number of hydrogen-bond acceptors (Lipinski definition) is 3. The minimum absolute atomic E-state index is 0.310. The summed E-state index contributed by atoms with van der Waals surface area (Å²) in [5.74, 6) is 0. The van der Waals surface area contributed by atoms with E-state index in [1.54, 1.807) is 36.7 Å². The van der Waals surface area contributed by atoms with Gasteiger partial charge in [0.25, 0.3) is 0 Å². The smallest absolute Gasteiger partial charge is 0.319 e. The maximum absolute atomic E-state index is 12.1. The van der Waals surface area contributed by atoms with Gasteiger partial charge in [-0.15, -0.1) is 0 Å². The van der Waals surface area contributed by atoms with Gasteiger partial charge in [0, 0.05) is 45.8 Å². The van der Waals surface area contributed by atoms with Crippen LogP contribution < -0.4 is 10.6 Å². The summed E-state index contributed by atoms with van der Waals surface area (Å²) in [7, 11) is -1.08. The third-order valence-corrected chi connectivity index (χ3v) is 4.52. The first-order valence-corrected chi connectivity index (χ1v) is 9.00. The highest BCUT2D eigenvalue weighted by atomic mass is 32.2. The molecule has 1 heterocycles. The molecule has 2 amide bonds. The molecule has 1 atom stereocenters. The Morgan fingerprint density at radius 2 is 1.96 bits per heavy atom. The highest BCUT2D eigenvalue weighted by Crippen LogP contribution is 2.16. The van der Waals surface area contributed by atoms with Gasteiger partial charge >= 0.3 is 6.03 Å². The number of aromatic nitrogens is 1. The Bertz CT molecular complexity index is 906. The Balaban J connectivity index is 1.67. The van der Waals surface area contributed by atoms with E-state index in [0.29, 0.717) is 17.1 Å². The normalized spacial score (nSPS) is 11.9. The molecule has 0 aliphatic rings. The number of carbonyl (C=O) groups excluding carboxylic acids is 1. The Kier molecular flexibility index (Phi) is 4.86. The van der Waals surface area contributed by atoms with Crippen molar-refractivity contribution in [2.45, 2.75) is 11.4 Å². The summed E-state index contributed by atoms with van der Waals surface area (Å²) in [5.41, 5.74) is 2.51. The molecular formula is C18H17N3O2S. The molecule has 0 saturated carbocycles. The van der Waals surface area contributed by atoms with Gasteiger partial charge in [-0.2, -0.15) is 0 Å². The second kappa shape index (κ2) is 7.23. The first-order chi connectivity index (χ1) is 11.6. The van der Waals surface area contributed by atoms with Crippen molar-refractivity contribution >= 4 is 33.4 Å². The molecule has 0 fully saturated rings. The van der Waals surface area contributed by atoms with Crippen LogP contribution in [0.25, 0.3) is 10.9 Å². The Morgan fingerprint density at radius 1 is 1.12 bits per heavy atom. The van der Waals surface area contributed by atoms with Crippen molar-refractivity contribution in [1.29, 1.82) is 0 Å². The largest absolute Gasteiger partial charge is 0.334 e. The van der Waals surface area contributed by atoms with Crippen molar-refractivity contribution in [2.75, 3.05) is 11.6 Å². The van der Waals surface area contributed by atoms with Crippen LogP contribution in [0, 0.1) is 0 Å². The molecule has 0 radical (unpaired) electrons. The van der Waals surface area contributed by atoms with E-state index in [1.165, 1.54) is 0 Å². The molecule has 2 N–H and O–H groups in total. The molecule has 122 valence electrons. The average molecular weight is 339 g/mol. The van der Waals surface area contributed by atoms with E-state index in [9.17, 15) is 9.00 Å². The minimum Gasteiger partial charge on any atom is -0.334 e. The van der Waals surface area contributed by atoms with Crippen LogP contribution in [0.1, 0.15) is 5.56 Å². The topological polar surface area (TPSA) is 71.1 Å². The first kappa shape index (κ1) is 16.1. The lowest BCUT2D eigenvalue weighted by molar-refractivity contribution is 0.252. The summed E-state index contributed by atoms with van der Waals surface area (Å²) in [6.45, 7) is 0.397. The van der Waals surface area contributed by atoms with Crippen molar-refractivity contribution in [3.05, 3.63) is 66.4 Å². The highest BCUT2D eigenvalue weighted by Gasteiger charge is 2.06. The summed E-state index contributed by atoms with van der Waals surface area (Å²) in [4.78, 5) is 17.1. The maximum atomic E-state index is 12.1. The monoisotopic (exact) mass is 339 g/mol. The molecule has 0 aliphatic heterocycles. The number of urea groups is 1. The standard InChI is InChI=1S/C18H17N3O2S/c1-24(23)15-6-4-5-14(11-15)21-18(22)20-12-13-9-10-19-17-8-3-2-7-16(13)17/h2-11H,12H2,1H3,(H2,20,21,22)/t24-/m0/s1. The molecule has 1 aromatic heterocycles. The SMILES string of the molecule is C[S@](=O)c1cccc(NC(=O)NCc2ccnc3ccccc23)c1. The zero-order valence-electron chi connectivity index (χ0n) is 13.2. The highest BCUT2D eigenvalue weighted by molar-refractivity contribution is 7.84. The number of nitrogens with zero attached hydrogens (tertiary/aromatic N) is 1. The third kappa shape index (κ3) is 3.78. The first-order valence-electron chi connectivity index (χ1n) is 7.44. The predicted molar refractivity (Wildman–Crippen MR) is 96.4 cm³/mol. The van der Waals surface area contributed by atoms with Gasteiger partial charge < -0.3 is 10.6 Å². The minimum atomic E-state index is -1.08. The van der Waals surface area contributed by atoms with Crippen LogP contribution >= 0.6 is 0 Å². The molecular weight excluding hydrogens is 322 g/mol. The van der Waals surface area contributed by atoms with E-state index >= 15 is 0 Å². The summed E-state index contributed by atoms with van der Waals surface area (Å²) in [6, 6.07) is 16.4. The molecule has 0 aliphatic carbocycles. The van der Waals surface area contributed by atoms with Crippen LogP contribution in [0.15, 0.2) is 65.7 Å². The van der Waals surface area contributed by atoms with Crippen LogP contribution in [0.5, 0.6) is 0 Å². The van der Waals surface area contributed by atoms with Gasteiger partial charge in [-0.25, -0.2) is 4.79 Å². The van der Waals surface area contributed by atoms with E-state index in [4.69, 9.17) is 0 Å². The van der Waals surface area contributed by atoms with Gasteiger partial charge in [0.05, 0.1) is 5.52 Å². The number of pyridine rings is 1. The summed E-state index contributed by atoms with van der Waals surface area (Å²) in [6.07, 6.45) is 3.34. The molecule has 3 rings (SSSR count). The number of fused-ring (bicyclic) bond motifs is 1. The Labute approximate surface area is 142 Å². The average Bonchev–Trinajstić information content (AvgIpc) is 2.60. The van der Waals surface area contributed by atoms with Gasteiger partial charge in [-0.1, -0.05) is 24.3 Å². The Hall–Kier alpha value is -2.73. The fourth-order valence-electron chi connectivity index (χ4n) is 2.41. The number of anilines is 1. The fourth-order valence-corrected chi connectivity index (χ4v) is 2.98. The molecule has 0 saturated heterocycles. The predicted octanol–water partition coefficient (Wildman–Crippen LogP) is 3.29. The van der Waals surface area contributed by atoms with Gasteiger partial charge in [-0.05, 0) is 35.9 Å². The van der Waals surface area contributed by atoms with E-state index < -0.39 is 10.8 Å². The lowest BCUT2D eigenvalue weighted by Gasteiger charge is -2.10. The number of nitrogens with one attached hydrogen (secondary N) is 2. The van der Waals surface area contributed by atoms with Crippen LogP contribution in [0.4, 0.5) is 10.5 Å². The Morgan fingerprint density at radius 3 is 2.79 bits per heavy atom. The zero-order chi connectivity index (χ0) is 16.9. The second-order valence-corrected chi connectivity index (χ2v) is 6.66. The van der Waals surface area contributed by atoms with Crippen molar-refractivity contribution in [3.63, 3.8) is 0 Å². The van der Waals surface area contributed by atoms with E-state index in [0.717, 1.165) is 16.5 Å². The van der Waals surface area contributed by atoms with Crippen molar-refractivity contribution in [2.24, 2.45) is 0 Å². The fraction of sp³-hybridized carbons (Fsp3) is 0.111. The van der Waals surface area contributed by atoms with Gasteiger partial charge in [0.15, 0.2) is 0 Å². The number of hydrogen-bond donors (Lipinski definition) is 2. The molecule has 24 heavy (non-hydrogen) atoms. The quantitative estimate of drug-likeness (QED) is 0.766. The van der Waals surface area contributed by atoms with Crippen molar-refractivity contribution in [3.8, 4) is 0 Å². The van der Waals surface area contributed by atoms with Crippen LogP contribution in [-0.4, -0.2) is 21.5 Å². The molecule has 5 nitrogen and oxygen atoms in total. The molecule has 3 aromatic rings. The number of amides is 2. The summed E-state index contributed by atoms with van der Waals surface area (Å²) < 4.78 is 11.5. The van der Waals surface area contributed by atoms with Crippen LogP contribution in [0.3, 0.4) is 0 Å². The molecule has 0 unspecified atom stereocenters. The maximum Gasteiger partial charge on any atom is 0.319 e. The lowest BCUT2D eigenvalue weighted by atomic mass is 10.1. The number of benzene rings is 2. The number of carbonyl (C=O) groups is 1. The van der Waals surface area contributed by atoms with Gasteiger partial charge in [0.1, 0.15) is 0 Å². The zero-order valence-corrected chi connectivity index (χ0v) is 14.0. The third-order valence-electron chi connectivity index (χ3n) is 3.60. The summed E-state index contributed by atoms with van der Waals surface area (Å²) in [5, 5.41) is 6.61. The molecule has 0 bridgehead atoms. The molecule has 2 aromatic carbocycles. The van der Waals surface area contributed by atoms with Crippen LogP contribution in [0.2, 0.25) is 0 Å². The number of para-hydroxylation sites is 1. The van der Waals surface area contributed by atoms with E-state index in [-0.39, 0.29) is 6.03 Å². The molecule has 0 spiro atoms. The van der Waals surface area contributed by atoms with E-state index in [2.05, 4.69) is 15.6 Å². The van der Waals surface area contributed by atoms with E-state index in [1.807, 2.05) is 30.3 Å². The number of rotatable bonds is 4. The second-order valence-electron chi connectivity index (χ2n) is 5.28. The van der Waals surface area contributed by atoms with Gasteiger partial charge in [-0.3, -0.25) is 9.19 Å². The van der Waals surface area contributed by atoms with Crippen molar-refractivity contribution < 1.29 is 9.00 Å². The molecule has 6 heteroatoms. The summed E-state index contributed by atoms with van der Waals surface area (Å²) >= 11 is 0.